The predicted octanol–water partition coefficient (Wildman–Crippen LogP) is 5.15. The Bertz CT molecular complexity index is 937. The van der Waals surface area contributed by atoms with Gasteiger partial charge in [0, 0.05) is 18.8 Å². The van der Waals surface area contributed by atoms with Crippen LogP contribution in [0.2, 0.25) is 0 Å². The lowest BCUT2D eigenvalue weighted by Gasteiger charge is -2.27. The molecule has 1 aliphatic rings. The van der Waals surface area contributed by atoms with Gasteiger partial charge in [0.1, 0.15) is 8.37 Å². The molecule has 32 heavy (non-hydrogen) atoms. The smallest absolute Gasteiger partial charge is 0.170 e. The van der Waals surface area contributed by atoms with E-state index in [0.29, 0.717) is 5.11 Å². The molecule has 0 amide bonds. The molecule has 0 bridgehead atoms. The van der Waals surface area contributed by atoms with Gasteiger partial charge in [-0.15, -0.1) is 0 Å². The summed E-state index contributed by atoms with van der Waals surface area (Å²) in [4.78, 5) is 0. The van der Waals surface area contributed by atoms with Crippen LogP contribution in [-0.4, -0.2) is 41.6 Å². The summed E-state index contributed by atoms with van der Waals surface area (Å²) in [5.41, 5.74) is 3.68. The van der Waals surface area contributed by atoms with E-state index in [4.69, 9.17) is 12.2 Å². The second kappa shape index (κ2) is 11.0. The molecule has 4 rings (SSSR count). The zero-order chi connectivity index (χ0) is 22.3. The third kappa shape index (κ3) is 5.34. The van der Waals surface area contributed by atoms with Gasteiger partial charge >= 0.3 is 0 Å². The molecule has 5 nitrogen and oxygen atoms in total. The van der Waals surface area contributed by atoms with E-state index in [-0.39, 0.29) is 12.1 Å². The van der Waals surface area contributed by atoms with Gasteiger partial charge in [-0.1, -0.05) is 78.9 Å². The van der Waals surface area contributed by atoms with Gasteiger partial charge in [0.2, 0.25) is 0 Å². The molecule has 7 heteroatoms. The van der Waals surface area contributed by atoms with E-state index in [1.54, 1.807) is 0 Å². The highest BCUT2D eigenvalue weighted by atomic mass is 32.1. The molecule has 0 unspecified atom stereocenters. The second-order valence-corrected chi connectivity index (χ2v) is 10.4. The van der Waals surface area contributed by atoms with Crippen LogP contribution in [0, 0.1) is 0 Å². The summed E-state index contributed by atoms with van der Waals surface area (Å²) < 4.78 is 4.98. The van der Waals surface area contributed by atoms with Crippen molar-refractivity contribution in [2.45, 2.75) is 12.1 Å². The fourth-order valence-electron chi connectivity index (χ4n) is 4.22. The normalized spacial score (nSPS) is 19.7. The van der Waals surface area contributed by atoms with Crippen LogP contribution in [-0.2, 0) is 0 Å². The van der Waals surface area contributed by atoms with Gasteiger partial charge in [-0.05, 0) is 49.6 Å². The molecule has 166 valence electrons. The van der Waals surface area contributed by atoms with E-state index in [1.165, 1.54) is 11.1 Å². The van der Waals surface area contributed by atoms with Gasteiger partial charge in [0.05, 0.1) is 12.1 Å². The first kappa shape index (κ1) is 22.8. The third-order valence-corrected chi connectivity index (χ3v) is 8.13. The van der Waals surface area contributed by atoms with Gasteiger partial charge in [-0.25, -0.2) is 0 Å². The topological polar surface area (TPSA) is 42.6 Å². The van der Waals surface area contributed by atoms with Crippen molar-refractivity contribution in [2.24, 2.45) is 0 Å². The molecule has 0 aliphatic carbocycles. The number of anilines is 1. The first-order valence-corrected chi connectivity index (χ1v) is 12.5. The van der Waals surface area contributed by atoms with Crippen LogP contribution in [0.1, 0.15) is 23.2 Å². The maximum Gasteiger partial charge on any atom is 0.170 e. The number of benzene rings is 3. The van der Waals surface area contributed by atoms with Gasteiger partial charge in [0.25, 0.3) is 0 Å². The number of rotatable bonds is 7. The molecule has 0 aromatic heterocycles. The highest BCUT2D eigenvalue weighted by molar-refractivity contribution is 7.80. The number of nitrogens with zero attached hydrogens (tertiary/aromatic N) is 2. The molecule has 2 atom stereocenters. The first-order valence-electron chi connectivity index (χ1n) is 10.8. The zero-order valence-electron chi connectivity index (χ0n) is 18.5. The minimum absolute atomic E-state index is 0.288. The lowest BCUT2D eigenvalue weighted by molar-refractivity contribution is 0.316. The van der Waals surface area contributed by atoms with Crippen molar-refractivity contribution in [2.75, 3.05) is 32.5 Å². The van der Waals surface area contributed by atoms with Crippen LogP contribution in [0.5, 0.6) is 0 Å². The molecule has 3 N–H and O–H groups in total. The summed E-state index contributed by atoms with van der Waals surface area (Å²) in [5, 5.41) is 10.9. The summed E-state index contributed by atoms with van der Waals surface area (Å²) in [6.45, 7) is 1.57. The van der Waals surface area contributed by atoms with Crippen LogP contribution in [0.3, 0.4) is 0 Å². The minimum atomic E-state index is -0.659. The Balaban J connectivity index is 1.39. The highest BCUT2D eigenvalue weighted by Crippen LogP contribution is 2.60. The van der Waals surface area contributed by atoms with E-state index in [9.17, 15) is 0 Å². The largest absolute Gasteiger partial charge is 0.361 e. The van der Waals surface area contributed by atoms with Crippen molar-refractivity contribution in [3.63, 3.8) is 0 Å². The average Bonchev–Trinajstić information content (AvgIpc) is 3.08. The Kier molecular flexibility index (Phi) is 7.85. The van der Waals surface area contributed by atoms with Crippen LogP contribution in [0.4, 0.5) is 5.69 Å². The minimum Gasteiger partial charge on any atom is -0.361 e. The maximum atomic E-state index is 5.43. The fraction of sp³-hybridized carbons (Fsp3) is 0.240. The van der Waals surface area contributed by atoms with E-state index in [1.807, 2.05) is 30.3 Å². The Morgan fingerprint density at radius 3 is 1.72 bits per heavy atom. The molecule has 0 saturated carbocycles. The van der Waals surface area contributed by atoms with Crippen molar-refractivity contribution in [1.29, 1.82) is 0 Å². The maximum absolute atomic E-state index is 5.43. The summed E-state index contributed by atoms with van der Waals surface area (Å²) in [6, 6.07) is 32.2. The molecular formula is C25H30N5PS. The molecule has 1 fully saturated rings. The average molecular weight is 464 g/mol. The third-order valence-electron chi connectivity index (χ3n) is 5.68. The molecule has 0 spiro atoms. The number of thiocarbonyl (C=S) groups is 1. The van der Waals surface area contributed by atoms with Crippen molar-refractivity contribution >= 4 is 31.4 Å². The Hall–Kier alpha value is -2.34. The molecule has 1 aliphatic heterocycles. The second-order valence-electron chi connectivity index (χ2n) is 7.80. The molecule has 3 aromatic carbocycles. The number of hydrogen-bond acceptors (Lipinski definition) is 4. The quantitative estimate of drug-likeness (QED) is 0.256. The van der Waals surface area contributed by atoms with E-state index in [0.717, 1.165) is 18.8 Å². The summed E-state index contributed by atoms with van der Waals surface area (Å²) in [6.07, 6.45) is 0. The van der Waals surface area contributed by atoms with Gasteiger partial charge in [0.15, 0.2) is 5.11 Å². The van der Waals surface area contributed by atoms with E-state index >= 15 is 0 Å². The standard InChI is InChI=1S/C25H30N5PS/c1-29-23(20-12-6-3-7-13-20)24(21-14-8-4-9-15-21)30(2)31(29)27-19-18-26-25(32)28-22-16-10-5-11-17-22/h3-17,23-24,27H,18-19H2,1-2H3,(H2,26,28,32)/t23-,24-/m1/s1. The van der Waals surface area contributed by atoms with Crippen LogP contribution < -0.4 is 15.7 Å². The highest BCUT2D eigenvalue weighted by Gasteiger charge is 2.45. The molecular weight excluding hydrogens is 433 g/mol. The van der Waals surface area contributed by atoms with Gasteiger partial charge in [-0.3, -0.25) is 14.4 Å². The molecule has 1 heterocycles. The Labute approximate surface area is 197 Å². The van der Waals surface area contributed by atoms with Gasteiger partial charge < -0.3 is 10.6 Å². The number of hydrogen-bond donors (Lipinski definition) is 3. The first-order chi connectivity index (χ1) is 15.6. The van der Waals surface area contributed by atoms with Gasteiger partial charge in [-0.2, -0.15) is 0 Å². The summed E-state index contributed by atoms with van der Waals surface area (Å²) >= 11 is 5.43. The van der Waals surface area contributed by atoms with Crippen LogP contribution in [0.25, 0.3) is 0 Å². The Morgan fingerprint density at radius 1 is 0.750 bits per heavy atom. The lowest BCUT2D eigenvalue weighted by atomic mass is 9.93. The zero-order valence-corrected chi connectivity index (χ0v) is 20.2. The molecule has 3 aromatic rings. The van der Waals surface area contributed by atoms with Crippen molar-refractivity contribution < 1.29 is 0 Å². The monoisotopic (exact) mass is 463 g/mol. The summed E-state index contributed by atoms with van der Waals surface area (Å²) in [7, 11) is 3.79. The van der Waals surface area contributed by atoms with Crippen molar-refractivity contribution in [3.8, 4) is 0 Å². The number of para-hydroxylation sites is 1. The lowest BCUT2D eigenvalue weighted by Crippen LogP contribution is -2.35. The SMILES string of the molecule is CN1[C@H](c2ccccc2)[C@@H](c2ccccc2)N(C)P1NCCNC(=S)Nc1ccccc1. The Morgan fingerprint density at radius 2 is 1.22 bits per heavy atom. The van der Waals surface area contributed by atoms with Crippen LogP contribution in [0.15, 0.2) is 91.0 Å². The van der Waals surface area contributed by atoms with Crippen molar-refractivity contribution in [3.05, 3.63) is 102 Å². The fourth-order valence-corrected chi connectivity index (χ4v) is 6.63. The van der Waals surface area contributed by atoms with Crippen molar-refractivity contribution in [1.82, 2.24) is 19.7 Å². The molecule has 0 radical (unpaired) electrons. The number of likely N-dealkylation sites (N-methyl/N-ethyl adjacent to an activating group) is 2. The van der Waals surface area contributed by atoms with E-state index < -0.39 is 8.37 Å². The van der Waals surface area contributed by atoms with E-state index in [2.05, 4.69) is 99.8 Å². The summed E-state index contributed by atoms with van der Waals surface area (Å²) in [5.74, 6) is 0. The van der Waals surface area contributed by atoms with Crippen LogP contribution >= 0.6 is 20.6 Å². The molecule has 1 saturated heterocycles. The predicted molar refractivity (Wildman–Crippen MR) is 139 cm³/mol. The number of nitrogens with one attached hydrogen (secondary N) is 3.